The molecule has 0 bridgehead atoms. The van der Waals surface area contributed by atoms with Gasteiger partial charge in [-0.1, -0.05) is 0 Å². The minimum Gasteiger partial charge on any atom is -0.419 e. The normalized spacial score (nSPS) is 20.8. The summed E-state index contributed by atoms with van der Waals surface area (Å²) in [4.78, 5) is 2.54. The molecule has 1 aliphatic rings. The molecule has 0 unspecified atom stereocenters. The summed E-state index contributed by atoms with van der Waals surface area (Å²) in [6, 6.07) is 1.29. The second kappa shape index (κ2) is 5.85. The first-order chi connectivity index (χ1) is 6.58. The van der Waals surface area contributed by atoms with E-state index in [-0.39, 0.29) is 15.4 Å². The highest BCUT2D eigenvalue weighted by molar-refractivity contribution is 6.27. The van der Waals surface area contributed by atoms with Crippen LogP contribution in [0.1, 0.15) is 20.8 Å². The van der Waals surface area contributed by atoms with E-state index in [9.17, 15) is 0 Å². The zero-order chi connectivity index (χ0) is 10.4. The van der Waals surface area contributed by atoms with Crippen molar-refractivity contribution >= 4 is 9.76 Å². The molecule has 0 amide bonds. The van der Waals surface area contributed by atoms with E-state index in [4.69, 9.17) is 4.43 Å². The smallest absolute Gasteiger partial charge is 0.163 e. The molecule has 0 spiro atoms. The monoisotopic (exact) mass is 216 g/mol. The lowest BCUT2D eigenvalue weighted by molar-refractivity contribution is 0.136. The summed E-state index contributed by atoms with van der Waals surface area (Å²) >= 11 is 0. The number of piperazine rings is 1. The highest BCUT2D eigenvalue weighted by atomic mass is 28.2. The first kappa shape index (κ1) is 12.2. The van der Waals surface area contributed by atoms with Crippen molar-refractivity contribution in [3.8, 4) is 0 Å². The Morgan fingerprint density at radius 2 is 1.93 bits per heavy atom. The molecule has 1 aliphatic heterocycles. The zero-order valence-electron chi connectivity index (χ0n) is 9.81. The van der Waals surface area contributed by atoms with Gasteiger partial charge in [-0.2, -0.15) is 0 Å². The fourth-order valence-electron chi connectivity index (χ4n) is 1.60. The number of hydrogen-bond donors (Lipinski definition) is 1. The van der Waals surface area contributed by atoms with Crippen LogP contribution in [0.3, 0.4) is 0 Å². The van der Waals surface area contributed by atoms with Crippen LogP contribution in [0.25, 0.3) is 0 Å². The molecule has 1 heterocycles. The van der Waals surface area contributed by atoms with Gasteiger partial charge in [-0.15, -0.1) is 0 Å². The molecule has 0 radical (unpaired) electrons. The first-order valence-electron chi connectivity index (χ1n) is 5.65. The summed E-state index contributed by atoms with van der Waals surface area (Å²) in [5.74, 6) is 0. The molecule has 1 rings (SSSR count). The van der Waals surface area contributed by atoms with E-state index in [1.54, 1.807) is 0 Å². The van der Waals surface area contributed by atoms with Crippen LogP contribution in [-0.2, 0) is 4.43 Å². The van der Waals surface area contributed by atoms with E-state index < -0.39 is 0 Å². The summed E-state index contributed by atoms with van der Waals surface area (Å²) in [6.45, 7) is 12.4. The van der Waals surface area contributed by atoms with Crippen molar-refractivity contribution in [3.63, 3.8) is 0 Å². The standard InChI is InChI=1S/C10H24N2OSi/c1-10(2,3)13-14-9-8-12-6-4-11-5-7-12/h11H,4-9,14H2,1-3H3. The third-order valence-corrected chi connectivity index (χ3v) is 4.04. The quantitative estimate of drug-likeness (QED) is 0.537. The van der Waals surface area contributed by atoms with E-state index in [1.807, 2.05) is 0 Å². The lowest BCUT2D eigenvalue weighted by Crippen LogP contribution is -2.44. The predicted octanol–water partition coefficient (Wildman–Crippen LogP) is 0.209. The summed E-state index contributed by atoms with van der Waals surface area (Å²) in [5.41, 5.74) is 0.0790. The van der Waals surface area contributed by atoms with Crippen molar-refractivity contribution in [2.45, 2.75) is 32.4 Å². The van der Waals surface area contributed by atoms with Gasteiger partial charge < -0.3 is 14.6 Å². The maximum absolute atomic E-state index is 5.82. The number of hydrogen-bond acceptors (Lipinski definition) is 3. The summed E-state index contributed by atoms with van der Waals surface area (Å²) < 4.78 is 5.82. The molecule has 1 N–H and O–H groups in total. The lowest BCUT2D eigenvalue weighted by Gasteiger charge is -2.27. The average molecular weight is 216 g/mol. The molecule has 0 aromatic carbocycles. The van der Waals surface area contributed by atoms with Gasteiger partial charge in [-0.25, -0.2) is 0 Å². The topological polar surface area (TPSA) is 24.5 Å². The molecule has 0 atom stereocenters. The fraction of sp³-hybridized carbons (Fsp3) is 1.00. The maximum Gasteiger partial charge on any atom is 0.163 e. The molecule has 0 saturated carbocycles. The minimum atomic E-state index is -0.300. The van der Waals surface area contributed by atoms with Gasteiger partial charge in [0.25, 0.3) is 0 Å². The summed E-state index contributed by atoms with van der Waals surface area (Å²) in [5, 5.41) is 3.37. The predicted molar refractivity (Wildman–Crippen MR) is 63.5 cm³/mol. The van der Waals surface area contributed by atoms with Gasteiger partial charge in [-0.05, 0) is 33.4 Å². The van der Waals surface area contributed by atoms with Gasteiger partial charge >= 0.3 is 0 Å². The molecule has 1 saturated heterocycles. The average Bonchev–Trinajstić information content (AvgIpc) is 2.13. The van der Waals surface area contributed by atoms with E-state index >= 15 is 0 Å². The molecular formula is C10H24N2OSi. The molecule has 0 aromatic heterocycles. The van der Waals surface area contributed by atoms with Crippen LogP contribution in [0, 0.1) is 0 Å². The van der Waals surface area contributed by atoms with Gasteiger partial charge in [-0.3, -0.25) is 0 Å². The summed E-state index contributed by atoms with van der Waals surface area (Å²) in [6.07, 6.45) is 0. The fourth-order valence-corrected chi connectivity index (χ4v) is 2.93. The van der Waals surface area contributed by atoms with Crippen LogP contribution < -0.4 is 5.32 Å². The Kier molecular flexibility index (Phi) is 5.09. The highest BCUT2D eigenvalue weighted by Gasteiger charge is 2.11. The van der Waals surface area contributed by atoms with Crippen molar-refractivity contribution in [2.24, 2.45) is 0 Å². The van der Waals surface area contributed by atoms with Crippen LogP contribution >= 0.6 is 0 Å². The molecule has 4 heteroatoms. The molecule has 84 valence electrons. The van der Waals surface area contributed by atoms with Crippen molar-refractivity contribution in [1.82, 2.24) is 10.2 Å². The van der Waals surface area contributed by atoms with Crippen LogP contribution in [-0.4, -0.2) is 53.0 Å². The van der Waals surface area contributed by atoms with Gasteiger partial charge in [0.15, 0.2) is 9.76 Å². The maximum atomic E-state index is 5.82. The van der Waals surface area contributed by atoms with Crippen LogP contribution in [0.15, 0.2) is 0 Å². The Hall–Kier alpha value is 0.0969. The van der Waals surface area contributed by atoms with Gasteiger partial charge in [0.2, 0.25) is 0 Å². The van der Waals surface area contributed by atoms with Gasteiger partial charge in [0, 0.05) is 31.8 Å². The second-order valence-electron chi connectivity index (χ2n) is 4.91. The van der Waals surface area contributed by atoms with E-state index in [0.717, 1.165) is 13.1 Å². The zero-order valence-corrected chi connectivity index (χ0v) is 11.2. The molecule has 0 aliphatic carbocycles. The number of rotatable bonds is 4. The Bertz CT molecular complexity index is 153. The van der Waals surface area contributed by atoms with Crippen molar-refractivity contribution < 1.29 is 4.43 Å². The molecule has 0 aromatic rings. The van der Waals surface area contributed by atoms with Crippen LogP contribution in [0.2, 0.25) is 6.04 Å². The van der Waals surface area contributed by atoms with Crippen molar-refractivity contribution in [3.05, 3.63) is 0 Å². The molecule has 3 nitrogen and oxygen atoms in total. The number of nitrogens with one attached hydrogen (secondary N) is 1. The Labute approximate surface area is 90.1 Å². The Morgan fingerprint density at radius 3 is 2.50 bits per heavy atom. The Balaban J connectivity index is 1.97. The minimum absolute atomic E-state index is 0.0790. The third-order valence-electron chi connectivity index (χ3n) is 2.36. The van der Waals surface area contributed by atoms with Crippen LogP contribution in [0.5, 0.6) is 0 Å². The lowest BCUT2D eigenvalue weighted by atomic mass is 10.2. The largest absolute Gasteiger partial charge is 0.419 e. The SMILES string of the molecule is CC(C)(C)O[SiH2]CCN1CCNCC1. The Morgan fingerprint density at radius 1 is 1.29 bits per heavy atom. The van der Waals surface area contributed by atoms with Crippen molar-refractivity contribution in [1.29, 1.82) is 0 Å². The second-order valence-corrected chi connectivity index (χ2v) is 6.31. The van der Waals surface area contributed by atoms with Crippen molar-refractivity contribution in [2.75, 3.05) is 32.7 Å². The molecule has 1 fully saturated rings. The first-order valence-corrected chi connectivity index (χ1v) is 7.23. The van der Waals surface area contributed by atoms with Gasteiger partial charge in [0.1, 0.15) is 0 Å². The van der Waals surface area contributed by atoms with E-state index in [2.05, 4.69) is 31.0 Å². The molecule has 14 heavy (non-hydrogen) atoms. The number of nitrogens with zero attached hydrogens (tertiary/aromatic N) is 1. The molecular weight excluding hydrogens is 192 g/mol. The highest BCUT2D eigenvalue weighted by Crippen LogP contribution is 2.06. The van der Waals surface area contributed by atoms with Gasteiger partial charge in [0.05, 0.1) is 0 Å². The summed E-state index contributed by atoms with van der Waals surface area (Å²) in [7, 11) is -0.300. The van der Waals surface area contributed by atoms with E-state index in [0.29, 0.717) is 0 Å². The van der Waals surface area contributed by atoms with E-state index in [1.165, 1.54) is 25.7 Å². The van der Waals surface area contributed by atoms with Crippen LogP contribution in [0.4, 0.5) is 0 Å². The third kappa shape index (κ3) is 5.75.